The molecule has 2 aromatic rings. The van der Waals surface area contributed by atoms with Crippen LogP contribution in [0.3, 0.4) is 0 Å². The molecule has 2 saturated heterocycles. The van der Waals surface area contributed by atoms with E-state index in [1.807, 2.05) is 4.90 Å². The quantitative estimate of drug-likeness (QED) is 0.441. The number of hydrogen-bond donors (Lipinski definition) is 2. The molecule has 1 aromatic heterocycles. The Bertz CT molecular complexity index is 1440. The Hall–Kier alpha value is -3.29. The summed E-state index contributed by atoms with van der Waals surface area (Å²) in [7, 11) is 0. The smallest absolute Gasteiger partial charge is 0.338 e. The zero-order chi connectivity index (χ0) is 29.8. The third-order valence-electron chi connectivity index (χ3n) is 8.94. The number of carbonyl (C=O) groups is 2. The Morgan fingerprint density at radius 3 is 2.74 bits per heavy atom. The van der Waals surface area contributed by atoms with Gasteiger partial charge in [0.15, 0.2) is 10.8 Å². The Morgan fingerprint density at radius 1 is 1.26 bits per heavy atom. The molecule has 13 heteroatoms. The fourth-order valence-electron chi connectivity index (χ4n) is 6.63. The molecule has 1 aliphatic carbocycles. The molecule has 3 fully saturated rings. The van der Waals surface area contributed by atoms with Crippen LogP contribution in [-0.2, 0) is 14.3 Å². The molecule has 2 unspecified atom stereocenters. The van der Waals surface area contributed by atoms with Crippen LogP contribution in [0.15, 0.2) is 46.0 Å². The summed E-state index contributed by atoms with van der Waals surface area (Å²) < 4.78 is 51.0. The first-order valence-electron chi connectivity index (χ1n) is 14.1. The van der Waals surface area contributed by atoms with Crippen molar-refractivity contribution in [2.75, 3.05) is 32.8 Å². The minimum atomic E-state index is -2.96. The van der Waals surface area contributed by atoms with E-state index in [9.17, 15) is 19.1 Å². The van der Waals surface area contributed by atoms with Crippen LogP contribution in [0.25, 0.3) is 0 Å². The highest BCUT2D eigenvalue weighted by Crippen LogP contribution is 2.46. The van der Waals surface area contributed by atoms with E-state index in [0.717, 1.165) is 0 Å². The summed E-state index contributed by atoms with van der Waals surface area (Å²) in [5, 5.41) is 14.8. The number of ether oxygens (including phenoxy) is 1. The predicted molar refractivity (Wildman–Crippen MR) is 149 cm³/mol. The van der Waals surface area contributed by atoms with E-state index in [-0.39, 0.29) is 31.3 Å². The monoisotopic (exact) mass is 603 g/mol. The molecule has 2 N–H and O–H groups in total. The standard InChI is InChI=1S/C29H32F3N5O4S/c1-3-41-28(40)23-21(34-25(26-33-7-8-42-26)35-24(23)18-5-4-6-20(30)15(18)2)12-37-14-29(31,32)19-11-36(13-22(19)37)17-9-16(10-17)27(38)39/h4-8,16-17,19,22,24H,3,9-14H2,1-2H3,(H,34,35)(H,38,39)/t16?,17?,19?,22?,24-/m0/s1. The first-order valence-corrected chi connectivity index (χ1v) is 14.9. The van der Waals surface area contributed by atoms with Crippen molar-refractivity contribution in [2.24, 2.45) is 16.8 Å². The highest BCUT2D eigenvalue weighted by atomic mass is 32.1. The van der Waals surface area contributed by atoms with Gasteiger partial charge in [-0.05, 0) is 43.9 Å². The minimum absolute atomic E-state index is 0.00355. The fourth-order valence-corrected chi connectivity index (χ4v) is 7.22. The predicted octanol–water partition coefficient (Wildman–Crippen LogP) is 3.61. The summed E-state index contributed by atoms with van der Waals surface area (Å²) in [5.74, 6) is -5.88. The van der Waals surface area contributed by atoms with Gasteiger partial charge in [0.1, 0.15) is 11.9 Å². The molecule has 6 rings (SSSR count). The number of aliphatic carboxylic acids is 1. The molecule has 3 aliphatic heterocycles. The van der Waals surface area contributed by atoms with Crippen LogP contribution < -0.4 is 5.32 Å². The number of thiazole rings is 1. The van der Waals surface area contributed by atoms with Crippen molar-refractivity contribution < 1.29 is 32.6 Å². The fraction of sp³-hybridized carbons (Fsp3) is 0.517. The van der Waals surface area contributed by atoms with Gasteiger partial charge in [-0.25, -0.2) is 22.9 Å². The number of esters is 1. The van der Waals surface area contributed by atoms with Gasteiger partial charge in [0.2, 0.25) is 0 Å². The number of benzene rings is 1. The number of fused-ring (bicyclic) bond motifs is 1. The van der Waals surface area contributed by atoms with Crippen molar-refractivity contribution in [1.29, 1.82) is 0 Å². The highest BCUT2D eigenvalue weighted by Gasteiger charge is 2.59. The van der Waals surface area contributed by atoms with E-state index in [1.165, 1.54) is 17.4 Å². The average molecular weight is 604 g/mol. The lowest BCUT2D eigenvalue weighted by atomic mass is 9.79. The van der Waals surface area contributed by atoms with Crippen LogP contribution in [0.4, 0.5) is 13.2 Å². The number of aliphatic imine (C=N–C) groups is 1. The minimum Gasteiger partial charge on any atom is -0.481 e. The maximum atomic E-state index is 15.4. The molecule has 9 nitrogen and oxygen atoms in total. The second kappa shape index (κ2) is 11.1. The third-order valence-corrected chi connectivity index (χ3v) is 9.72. The number of halogens is 3. The molecular formula is C29H32F3N5O4S. The molecule has 224 valence electrons. The number of nitrogens with zero attached hydrogens (tertiary/aromatic N) is 4. The molecule has 0 amide bonds. The third kappa shape index (κ3) is 5.11. The lowest BCUT2D eigenvalue weighted by molar-refractivity contribution is -0.147. The Balaban J connectivity index is 1.35. The van der Waals surface area contributed by atoms with Gasteiger partial charge < -0.3 is 15.2 Å². The van der Waals surface area contributed by atoms with E-state index in [0.29, 0.717) is 47.1 Å². The van der Waals surface area contributed by atoms with Crippen LogP contribution in [0.5, 0.6) is 0 Å². The zero-order valence-corrected chi connectivity index (χ0v) is 24.0. The lowest BCUT2D eigenvalue weighted by Gasteiger charge is -2.40. The van der Waals surface area contributed by atoms with Crippen molar-refractivity contribution in [2.45, 2.75) is 50.7 Å². The van der Waals surface area contributed by atoms with E-state index in [4.69, 9.17) is 9.73 Å². The molecule has 0 bridgehead atoms. The van der Waals surface area contributed by atoms with Crippen LogP contribution in [0.2, 0.25) is 0 Å². The number of amidine groups is 1. The lowest BCUT2D eigenvalue weighted by Crippen LogP contribution is -2.49. The Kier molecular flexibility index (Phi) is 7.60. The van der Waals surface area contributed by atoms with Gasteiger partial charge in [-0.1, -0.05) is 12.1 Å². The first-order chi connectivity index (χ1) is 20.1. The van der Waals surface area contributed by atoms with E-state index < -0.39 is 54.1 Å². The van der Waals surface area contributed by atoms with Crippen LogP contribution >= 0.6 is 11.3 Å². The molecule has 42 heavy (non-hydrogen) atoms. The summed E-state index contributed by atoms with van der Waals surface area (Å²) in [5.41, 5.74) is 1.32. The number of hydrogen-bond acceptors (Lipinski definition) is 9. The molecule has 4 heterocycles. The van der Waals surface area contributed by atoms with E-state index >= 15 is 8.78 Å². The van der Waals surface area contributed by atoms with Gasteiger partial charge >= 0.3 is 11.9 Å². The summed E-state index contributed by atoms with van der Waals surface area (Å²) in [6.45, 7) is 3.48. The van der Waals surface area contributed by atoms with Gasteiger partial charge in [0.05, 0.1) is 30.6 Å². The molecule has 0 radical (unpaired) electrons. The molecule has 4 aliphatic rings. The number of carboxylic acid groups (broad SMARTS) is 1. The van der Waals surface area contributed by atoms with Crippen molar-refractivity contribution in [1.82, 2.24) is 20.1 Å². The average Bonchev–Trinajstić information content (AvgIpc) is 3.64. The van der Waals surface area contributed by atoms with E-state index in [2.05, 4.69) is 10.3 Å². The Labute approximate surface area is 245 Å². The zero-order valence-electron chi connectivity index (χ0n) is 23.2. The molecule has 1 saturated carbocycles. The number of nitrogens with one attached hydrogen (secondary N) is 1. The van der Waals surface area contributed by atoms with Gasteiger partial charge in [-0.2, -0.15) is 0 Å². The largest absolute Gasteiger partial charge is 0.481 e. The van der Waals surface area contributed by atoms with Gasteiger partial charge in [-0.15, -0.1) is 11.3 Å². The van der Waals surface area contributed by atoms with Gasteiger partial charge in [0, 0.05) is 49.0 Å². The summed E-state index contributed by atoms with van der Waals surface area (Å²) >= 11 is 1.33. The number of rotatable bonds is 8. The first kappa shape index (κ1) is 28.8. The van der Waals surface area contributed by atoms with Gasteiger partial charge in [-0.3, -0.25) is 19.6 Å². The number of carbonyl (C=O) groups excluding carboxylic acids is 1. The van der Waals surface area contributed by atoms with Crippen LogP contribution in [0, 0.1) is 24.6 Å². The number of alkyl halides is 2. The van der Waals surface area contributed by atoms with Crippen LogP contribution in [-0.4, -0.2) is 88.5 Å². The normalized spacial score (nSPS) is 29.1. The van der Waals surface area contributed by atoms with Crippen molar-refractivity contribution >= 4 is 29.1 Å². The molecular weight excluding hydrogens is 571 g/mol. The molecule has 3 atom stereocenters. The summed E-state index contributed by atoms with van der Waals surface area (Å²) in [6, 6.07) is 3.13. The van der Waals surface area contributed by atoms with Crippen LogP contribution in [0.1, 0.15) is 41.9 Å². The van der Waals surface area contributed by atoms with Gasteiger partial charge in [0.25, 0.3) is 5.92 Å². The van der Waals surface area contributed by atoms with Crippen molar-refractivity contribution in [3.63, 3.8) is 0 Å². The van der Waals surface area contributed by atoms with E-state index in [1.54, 1.807) is 42.5 Å². The maximum absolute atomic E-state index is 15.4. The SMILES string of the molecule is CCOC(=O)C1=C(CN2CC(F)(F)C3CN(C4CC(C(=O)O)C4)CC32)NC(c2nccs2)=N[C@H]1c1cccc(F)c1C. The number of aromatic nitrogens is 1. The second-order valence-electron chi connectivity index (χ2n) is 11.4. The maximum Gasteiger partial charge on any atom is 0.338 e. The number of likely N-dealkylation sites (tertiary alicyclic amines) is 2. The highest BCUT2D eigenvalue weighted by molar-refractivity contribution is 7.11. The molecule has 0 spiro atoms. The Morgan fingerprint density at radius 2 is 2.05 bits per heavy atom. The topological polar surface area (TPSA) is 107 Å². The summed E-state index contributed by atoms with van der Waals surface area (Å²) in [4.78, 5) is 37.6. The molecule has 1 aromatic carbocycles. The second-order valence-corrected chi connectivity index (χ2v) is 12.3. The number of carboxylic acids is 1. The summed E-state index contributed by atoms with van der Waals surface area (Å²) in [6.07, 6.45) is 2.54. The van der Waals surface area contributed by atoms with Crippen molar-refractivity contribution in [3.8, 4) is 0 Å². The van der Waals surface area contributed by atoms with Crippen molar-refractivity contribution in [3.05, 3.63) is 63.0 Å².